The van der Waals surface area contributed by atoms with Crippen molar-refractivity contribution in [3.63, 3.8) is 0 Å². The average molecular weight is 176 g/mol. The molecule has 1 aromatic rings. The molecule has 0 radical (unpaired) electrons. The summed E-state index contributed by atoms with van der Waals surface area (Å²) in [5.41, 5.74) is 1.63. The number of fused-ring (bicyclic) bond motifs is 1. The highest BCUT2D eigenvalue weighted by Gasteiger charge is 2.28. The fraction of sp³-hybridized carbons (Fsp3) is 0.455. The van der Waals surface area contributed by atoms with Crippen molar-refractivity contribution in [3.05, 3.63) is 29.8 Å². The Balaban J connectivity index is 2.52. The Morgan fingerprint density at radius 1 is 1.17 bits per heavy atom. The molecule has 2 rings (SSSR count). The molecule has 0 spiro atoms. The maximum absolute atomic E-state index is 2.49. The Bertz CT molecular complexity index is 289. The zero-order valence-corrected chi connectivity index (χ0v) is 8.93. The minimum atomic E-state index is -1.01. The SMILES string of the molecule is C[Si]1(C)CCCc2ccccc21. The predicted molar refractivity (Wildman–Crippen MR) is 56.7 cm³/mol. The van der Waals surface area contributed by atoms with Crippen molar-refractivity contribution >= 4 is 13.3 Å². The Labute approximate surface area is 75.6 Å². The first kappa shape index (κ1) is 8.05. The van der Waals surface area contributed by atoms with Crippen LogP contribution in [0.15, 0.2) is 24.3 Å². The van der Waals surface area contributed by atoms with E-state index in [0.717, 1.165) is 0 Å². The van der Waals surface area contributed by atoms with Gasteiger partial charge in [-0.1, -0.05) is 55.0 Å². The first-order chi connectivity index (χ1) is 5.70. The minimum absolute atomic E-state index is 1.01. The Kier molecular flexibility index (Phi) is 1.84. The lowest BCUT2D eigenvalue weighted by Gasteiger charge is -2.30. The minimum Gasteiger partial charge on any atom is -0.0654 e. The summed E-state index contributed by atoms with van der Waals surface area (Å²) in [4.78, 5) is 0. The molecular weight excluding hydrogens is 160 g/mol. The summed E-state index contributed by atoms with van der Waals surface area (Å²) in [5, 5.41) is 1.70. The van der Waals surface area contributed by atoms with E-state index < -0.39 is 8.07 Å². The molecule has 1 heterocycles. The van der Waals surface area contributed by atoms with Crippen LogP contribution >= 0.6 is 0 Å². The van der Waals surface area contributed by atoms with Gasteiger partial charge in [-0.2, -0.15) is 0 Å². The zero-order valence-electron chi connectivity index (χ0n) is 7.93. The van der Waals surface area contributed by atoms with Crippen molar-refractivity contribution in [3.8, 4) is 0 Å². The molecule has 0 nitrogen and oxygen atoms in total. The van der Waals surface area contributed by atoms with Crippen molar-refractivity contribution in [1.29, 1.82) is 0 Å². The van der Waals surface area contributed by atoms with Crippen molar-refractivity contribution in [2.45, 2.75) is 32.0 Å². The fourth-order valence-electron chi connectivity index (χ4n) is 2.25. The van der Waals surface area contributed by atoms with E-state index in [-0.39, 0.29) is 0 Å². The van der Waals surface area contributed by atoms with Crippen LogP contribution < -0.4 is 5.19 Å². The lowest BCUT2D eigenvalue weighted by Crippen LogP contribution is -2.45. The molecule has 0 aromatic heterocycles. The maximum atomic E-state index is 2.49. The van der Waals surface area contributed by atoms with Gasteiger partial charge in [0.05, 0.1) is 8.07 Å². The van der Waals surface area contributed by atoms with Crippen LogP contribution in [0.3, 0.4) is 0 Å². The molecular formula is C11H16Si. The van der Waals surface area contributed by atoms with E-state index in [2.05, 4.69) is 37.4 Å². The summed E-state index contributed by atoms with van der Waals surface area (Å²) in [5.74, 6) is 0. The third kappa shape index (κ3) is 1.22. The number of aryl methyl sites for hydroxylation is 1. The fourth-order valence-corrected chi connectivity index (χ4v) is 5.21. The molecule has 1 heteroatoms. The number of hydrogen-bond donors (Lipinski definition) is 0. The van der Waals surface area contributed by atoms with Gasteiger partial charge < -0.3 is 0 Å². The van der Waals surface area contributed by atoms with E-state index in [4.69, 9.17) is 0 Å². The van der Waals surface area contributed by atoms with Gasteiger partial charge in [0.2, 0.25) is 0 Å². The second kappa shape index (κ2) is 2.73. The third-order valence-electron chi connectivity index (χ3n) is 2.99. The normalized spacial score (nSPS) is 20.2. The van der Waals surface area contributed by atoms with Crippen LogP contribution in [0.25, 0.3) is 0 Å². The molecule has 0 bridgehead atoms. The monoisotopic (exact) mass is 176 g/mol. The summed E-state index contributed by atoms with van der Waals surface area (Å²) in [6.07, 6.45) is 2.73. The zero-order chi connectivity index (χ0) is 8.60. The second-order valence-corrected chi connectivity index (χ2v) is 9.20. The summed E-state index contributed by atoms with van der Waals surface area (Å²) in [6.45, 7) is 4.98. The smallest absolute Gasteiger partial charge is 0.0654 e. The van der Waals surface area contributed by atoms with Crippen LogP contribution in [-0.2, 0) is 6.42 Å². The quantitative estimate of drug-likeness (QED) is 0.533. The van der Waals surface area contributed by atoms with E-state index in [1.807, 2.05) is 0 Å². The molecule has 0 unspecified atom stereocenters. The maximum Gasteiger partial charge on any atom is 0.0810 e. The van der Waals surface area contributed by atoms with Gasteiger partial charge in [0.25, 0.3) is 0 Å². The second-order valence-electron chi connectivity index (χ2n) is 4.39. The van der Waals surface area contributed by atoms with Gasteiger partial charge in [-0.25, -0.2) is 0 Å². The van der Waals surface area contributed by atoms with Gasteiger partial charge in [0, 0.05) is 0 Å². The number of benzene rings is 1. The highest BCUT2D eigenvalue weighted by Crippen LogP contribution is 2.21. The largest absolute Gasteiger partial charge is 0.0810 e. The van der Waals surface area contributed by atoms with E-state index in [1.54, 1.807) is 10.8 Å². The van der Waals surface area contributed by atoms with Gasteiger partial charge in [-0.15, -0.1) is 0 Å². The van der Waals surface area contributed by atoms with E-state index >= 15 is 0 Å². The highest BCUT2D eigenvalue weighted by molar-refractivity contribution is 6.90. The van der Waals surface area contributed by atoms with E-state index in [9.17, 15) is 0 Å². The van der Waals surface area contributed by atoms with Crippen LogP contribution in [0.1, 0.15) is 12.0 Å². The Morgan fingerprint density at radius 3 is 2.67 bits per heavy atom. The van der Waals surface area contributed by atoms with Crippen molar-refractivity contribution in [2.75, 3.05) is 0 Å². The van der Waals surface area contributed by atoms with Crippen molar-refractivity contribution in [1.82, 2.24) is 0 Å². The topological polar surface area (TPSA) is 0 Å². The van der Waals surface area contributed by atoms with Crippen LogP contribution in [0.5, 0.6) is 0 Å². The molecule has 12 heavy (non-hydrogen) atoms. The molecule has 0 fully saturated rings. The molecule has 0 amide bonds. The number of hydrogen-bond acceptors (Lipinski definition) is 0. The standard InChI is InChI=1S/C11H16Si/c1-12(2)9-5-7-10-6-3-4-8-11(10)12/h3-4,6,8H,5,7,9H2,1-2H3. The molecule has 0 atom stereocenters. The van der Waals surface area contributed by atoms with Gasteiger partial charge in [-0.05, 0) is 12.0 Å². The summed E-state index contributed by atoms with van der Waals surface area (Å²) < 4.78 is 0. The van der Waals surface area contributed by atoms with Crippen LogP contribution in [-0.4, -0.2) is 8.07 Å². The summed E-state index contributed by atoms with van der Waals surface area (Å²) in [6, 6.07) is 10.5. The molecule has 64 valence electrons. The van der Waals surface area contributed by atoms with Crippen molar-refractivity contribution < 1.29 is 0 Å². The van der Waals surface area contributed by atoms with Gasteiger partial charge >= 0.3 is 0 Å². The summed E-state index contributed by atoms with van der Waals surface area (Å²) >= 11 is 0. The van der Waals surface area contributed by atoms with Crippen LogP contribution in [0.4, 0.5) is 0 Å². The first-order valence-electron chi connectivity index (χ1n) is 4.78. The lowest BCUT2D eigenvalue weighted by atomic mass is 10.1. The molecule has 1 aromatic carbocycles. The molecule has 0 N–H and O–H groups in total. The predicted octanol–water partition coefficient (Wildman–Crippen LogP) is 2.55. The van der Waals surface area contributed by atoms with Gasteiger partial charge in [0.15, 0.2) is 0 Å². The van der Waals surface area contributed by atoms with Gasteiger partial charge in [0.1, 0.15) is 0 Å². The van der Waals surface area contributed by atoms with Crippen LogP contribution in [0.2, 0.25) is 19.1 Å². The lowest BCUT2D eigenvalue weighted by molar-refractivity contribution is 0.889. The van der Waals surface area contributed by atoms with E-state index in [0.29, 0.717) is 0 Å². The number of rotatable bonds is 0. The highest BCUT2D eigenvalue weighted by atomic mass is 28.3. The van der Waals surface area contributed by atoms with E-state index in [1.165, 1.54) is 18.9 Å². The van der Waals surface area contributed by atoms with Gasteiger partial charge in [-0.3, -0.25) is 0 Å². The summed E-state index contributed by atoms with van der Waals surface area (Å²) in [7, 11) is -1.01. The Morgan fingerprint density at radius 2 is 1.92 bits per heavy atom. The van der Waals surface area contributed by atoms with Crippen molar-refractivity contribution in [2.24, 2.45) is 0 Å². The third-order valence-corrected chi connectivity index (χ3v) is 6.54. The van der Waals surface area contributed by atoms with Crippen LogP contribution in [0, 0.1) is 0 Å². The molecule has 0 aliphatic carbocycles. The average Bonchev–Trinajstić information content (AvgIpc) is 2.04. The molecule has 0 saturated carbocycles. The first-order valence-corrected chi connectivity index (χ1v) is 7.99. The Hall–Kier alpha value is -0.563. The molecule has 1 aliphatic heterocycles. The molecule has 1 aliphatic rings. The molecule has 0 saturated heterocycles.